The standard InChI is InChI=1S/C20H23NO3S2/c1-15-3-2-4-18(13-15)23-10-9-21-19(22)14-24-17-7-5-16(6-8-17)20-25-11-12-26-20/h2-8,13,20H,9-12,14H2,1H3,(H,21,22). The maximum Gasteiger partial charge on any atom is 0.258 e. The van der Waals surface area contributed by atoms with Crippen molar-refractivity contribution in [3.05, 3.63) is 59.7 Å². The average molecular weight is 390 g/mol. The van der Waals surface area contributed by atoms with Crippen molar-refractivity contribution in [1.82, 2.24) is 5.32 Å². The zero-order valence-corrected chi connectivity index (χ0v) is 16.4. The average Bonchev–Trinajstić information content (AvgIpc) is 3.19. The van der Waals surface area contributed by atoms with Crippen molar-refractivity contribution in [2.75, 3.05) is 31.3 Å². The van der Waals surface area contributed by atoms with Crippen molar-refractivity contribution in [3.63, 3.8) is 0 Å². The lowest BCUT2D eigenvalue weighted by atomic mass is 10.2. The van der Waals surface area contributed by atoms with Crippen molar-refractivity contribution in [2.45, 2.75) is 11.5 Å². The Kier molecular flexibility index (Phi) is 7.14. The van der Waals surface area contributed by atoms with Crippen LogP contribution in [0.2, 0.25) is 0 Å². The minimum absolute atomic E-state index is 0.0106. The molecule has 138 valence electrons. The van der Waals surface area contributed by atoms with Crippen molar-refractivity contribution >= 4 is 29.4 Å². The lowest BCUT2D eigenvalue weighted by molar-refractivity contribution is -0.123. The molecule has 1 heterocycles. The van der Waals surface area contributed by atoms with Gasteiger partial charge in [0.2, 0.25) is 0 Å². The van der Waals surface area contributed by atoms with Crippen molar-refractivity contribution in [3.8, 4) is 11.5 Å². The number of hydrogen-bond donors (Lipinski definition) is 1. The molecule has 2 aromatic rings. The summed E-state index contributed by atoms with van der Waals surface area (Å²) in [5, 5.41) is 2.80. The van der Waals surface area contributed by atoms with E-state index in [1.54, 1.807) is 0 Å². The molecule has 0 aromatic heterocycles. The molecule has 4 nitrogen and oxygen atoms in total. The normalized spacial score (nSPS) is 14.2. The van der Waals surface area contributed by atoms with Gasteiger partial charge in [-0.15, -0.1) is 23.5 Å². The zero-order valence-electron chi connectivity index (χ0n) is 14.8. The van der Waals surface area contributed by atoms with Crippen LogP contribution in [0.15, 0.2) is 48.5 Å². The number of carbonyl (C=O) groups excluding carboxylic acids is 1. The number of aryl methyl sites for hydroxylation is 1. The Morgan fingerprint density at radius 2 is 1.85 bits per heavy atom. The van der Waals surface area contributed by atoms with Crippen molar-refractivity contribution < 1.29 is 14.3 Å². The highest BCUT2D eigenvalue weighted by Gasteiger charge is 2.17. The van der Waals surface area contributed by atoms with Crippen LogP contribution in [0.3, 0.4) is 0 Å². The number of thioether (sulfide) groups is 2. The van der Waals surface area contributed by atoms with E-state index in [4.69, 9.17) is 9.47 Å². The lowest BCUT2D eigenvalue weighted by Gasteiger charge is -2.11. The molecule has 1 saturated heterocycles. The van der Waals surface area contributed by atoms with Gasteiger partial charge >= 0.3 is 0 Å². The van der Waals surface area contributed by atoms with Crippen LogP contribution in [0.1, 0.15) is 15.7 Å². The van der Waals surface area contributed by atoms with E-state index >= 15 is 0 Å². The summed E-state index contributed by atoms with van der Waals surface area (Å²) in [5.41, 5.74) is 2.46. The highest BCUT2D eigenvalue weighted by atomic mass is 32.2. The SMILES string of the molecule is Cc1cccc(OCCNC(=O)COc2ccc(C3SCCS3)cc2)c1. The third-order valence-corrected chi connectivity index (χ3v) is 6.93. The fraction of sp³-hybridized carbons (Fsp3) is 0.350. The molecule has 2 aromatic carbocycles. The largest absolute Gasteiger partial charge is 0.492 e. The first kappa shape index (κ1) is 19.0. The first-order chi connectivity index (χ1) is 12.7. The number of rotatable bonds is 8. The molecule has 0 unspecified atom stereocenters. The van der Waals surface area contributed by atoms with Gasteiger partial charge in [0.25, 0.3) is 5.91 Å². The minimum atomic E-state index is -0.149. The van der Waals surface area contributed by atoms with Crippen LogP contribution in [0.4, 0.5) is 0 Å². The molecule has 0 spiro atoms. The van der Waals surface area contributed by atoms with Gasteiger partial charge in [-0.2, -0.15) is 0 Å². The molecule has 6 heteroatoms. The Labute approximate surface area is 163 Å². The van der Waals surface area contributed by atoms with Crippen LogP contribution in [-0.4, -0.2) is 37.2 Å². The summed E-state index contributed by atoms with van der Waals surface area (Å²) in [6.07, 6.45) is 0. The van der Waals surface area contributed by atoms with Crippen LogP contribution in [0.5, 0.6) is 11.5 Å². The zero-order chi connectivity index (χ0) is 18.2. The third-order valence-electron chi connectivity index (χ3n) is 3.83. The fourth-order valence-corrected chi connectivity index (χ4v) is 5.40. The van der Waals surface area contributed by atoms with E-state index in [9.17, 15) is 4.79 Å². The summed E-state index contributed by atoms with van der Waals surface area (Å²) in [7, 11) is 0. The smallest absolute Gasteiger partial charge is 0.258 e. The Morgan fingerprint density at radius 1 is 1.08 bits per heavy atom. The number of ether oxygens (including phenoxy) is 2. The topological polar surface area (TPSA) is 47.6 Å². The van der Waals surface area contributed by atoms with E-state index in [0.29, 0.717) is 23.5 Å². The second kappa shape index (κ2) is 9.78. The molecule has 0 bridgehead atoms. The van der Waals surface area contributed by atoms with Gasteiger partial charge < -0.3 is 14.8 Å². The second-order valence-electron chi connectivity index (χ2n) is 5.95. The van der Waals surface area contributed by atoms with E-state index in [1.807, 2.05) is 66.8 Å². The van der Waals surface area contributed by atoms with Crippen molar-refractivity contribution in [2.24, 2.45) is 0 Å². The van der Waals surface area contributed by atoms with E-state index in [-0.39, 0.29) is 12.5 Å². The highest BCUT2D eigenvalue weighted by Crippen LogP contribution is 2.45. The number of amides is 1. The number of carbonyl (C=O) groups is 1. The van der Waals surface area contributed by atoms with Crippen LogP contribution < -0.4 is 14.8 Å². The van der Waals surface area contributed by atoms with Crippen LogP contribution in [0.25, 0.3) is 0 Å². The molecule has 1 aliphatic rings. The van der Waals surface area contributed by atoms with Gasteiger partial charge in [-0.05, 0) is 42.3 Å². The highest BCUT2D eigenvalue weighted by molar-refractivity contribution is 8.19. The lowest BCUT2D eigenvalue weighted by Crippen LogP contribution is -2.32. The second-order valence-corrected chi connectivity index (χ2v) is 8.67. The maximum absolute atomic E-state index is 11.9. The number of hydrogen-bond acceptors (Lipinski definition) is 5. The summed E-state index contributed by atoms with van der Waals surface area (Å²) in [6.45, 7) is 2.91. The Morgan fingerprint density at radius 3 is 2.58 bits per heavy atom. The number of nitrogens with one attached hydrogen (secondary N) is 1. The predicted molar refractivity (Wildman–Crippen MR) is 109 cm³/mol. The molecule has 0 saturated carbocycles. The van der Waals surface area contributed by atoms with E-state index in [2.05, 4.69) is 17.4 Å². The molecule has 0 aliphatic carbocycles. The predicted octanol–water partition coefficient (Wildman–Crippen LogP) is 4.05. The summed E-state index contributed by atoms with van der Waals surface area (Å²) < 4.78 is 11.7. The summed E-state index contributed by atoms with van der Waals surface area (Å²) in [5.74, 6) is 3.80. The van der Waals surface area contributed by atoms with E-state index in [1.165, 1.54) is 17.1 Å². The minimum Gasteiger partial charge on any atom is -0.492 e. The molecule has 26 heavy (non-hydrogen) atoms. The molecular weight excluding hydrogens is 366 g/mol. The first-order valence-corrected chi connectivity index (χ1v) is 10.7. The van der Waals surface area contributed by atoms with Crippen LogP contribution in [-0.2, 0) is 4.79 Å². The monoisotopic (exact) mass is 389 g/mol. The van der Waals surface area contributed by atoms with Gasteiger partial charge in [-0.1, -0.05) is 24.3 Å². The van der Waals surface area contributed by atoms with Crippen LogP contribution in [0, 0.1) is 6.92 Å². The molecule has 1 fully saturated rings. The molecular formula is C20H23NO3S2. The summed E-state index contributed by atoms with van der Waals surface area (Å²) in [6, 6.07) is 15.9. The summed E-state index contributed by atoms with van der Waals surface area (Å²) >= 11 is 3.95. The van der Waals surface area contributed by atoms with Gasteiger partial charge in [0.1, 0.15) is 18.1 Å². The van der Waals surface area contributed by atoms with Gasteiger partial charge in [0.05, 0.1) is 11.1 Å². The van der Waals surface area contributed by atoms with Gasteiger partial charge in [-0.3, -0.25) is 4.79 Å². The Bertz CT molecular complexity index is 715. The molecule has 0 atom stereocenters. The van der Waals surface area contributed by atoms with E-state index < -0.39 is 0 Å². The van der Waals surface area contributed by atoms with Gasteiger partial charge in [0.15, 0.2) is 6.61 Å². The first-order valence-electron chi connectivity index (χ1n) is 8.63. The Balaban J connectivity index is 1.33. The quantitative estimate of drug-likeness (QED) is 0.690. The van der Waals surface area contributed by atoms with Gasteiger partial charge in [0, 0.05) is 11.5 Å². The third kappa shape index (κ3) is 5.88. The molecule has 3 rings (SSSR count). The maximum atomic E-state index is 11.9. The van der Waals surface area contributed by atoms with Crippen molar-refractivity contribution in [1.29, 1.82) is 0 Å². The molecule has 0 radical (unpaired) electrons. The molecule has 1 aliphatic heterocycles. The molecule has 1 amide bonds. The summed E-state index contributed by atoms with van der Waals surface area (Å²) in [4.78, 5) is 11.9. The van der Waals surface area contributed by atoms with Crippen LogP contribution >= 0.6 is 23.5 Å². The molecule has 1 N–H and O–H groups in total. The van der Waals surface area contributed by atoms with E-state index in [0.717, 1.165) is 11.3 Å². The fourth-order valence-electron chi connectivity index (χ4n) is 2.54. The Hall–Kier alpha value is -1.79. The van der Waals surface area contributed by atoms with Gasteiger partial charge in [-0.25, -0.2) is 0 Å². The number of benzene rings is 2.